The van der Waals surface area contributed by atoms with Gasteiger partial charge in [0, 0.05) is 44.6 Å². The minimum Gasteiger partial charge on any atom is -0.314 e. The van der Waals surface area contributed by atoms with Crippen molar-refractivity contribution in [2.24, 2.45) is 0 Å². The molecule has 2 rings (SSSR count). The maximum Gasteiger partial charge on any atom is 0.0315 e. The van der Waals surface area contributed by atoms with Gasteiger partial charge in [-0.15, -0.1) is 0 Å². The first kappa shape index (κ1) is 10.6. The average Bonchev–Trinajstić information content (AvgIpc) is 2.24. The van der Waals surface area contributed by atoms with E-state index in [1.54, 1.807) is 0 Å². The summed E-state index contributed by atoms with van der Waals surface area (Å²) in [5.74, 6) is 0. The van der Waals surface area contributed by atoms with E-state index >= 15 is 0 Å². The molecule has 1 N–H and O–H groups in total. The van der Waals surface area contributed by atoms with Gasteiger partial charge in [0.2, 0.25) is 0 Å². The Morgan fingerprint density at radius 1 is 1.60 bits per heavy atom. The van der Waals surface area contributed by atoms with E-state index in [-0.39, 0.29) is 0 Å². The zero-order valence-corrected chi connectivity index (χ0v) is 9.53. The number of rotatable bonds is 2. The number of nitrogens with one attached hydrogen (secondary N) is 1. The lowest BCUT2D eigenvalue weighted by Crippen LogP contribution is -2.49. The van der Waals surface area contributed by atoms with Gasteiger partial charge in [-0.2, -0.15) is 0 Å². The summed E-state index contributed by atoms with van der Waals surface area (Å²) >= 11 is 0. The highest BCUT2D eigenvalue weighted by Crippen LogP contribution is 2.12. The zero-order chi connectivity index (χ0) is 10.7. The van der Waals surface area contributed by atoms with Gasteiger partial charge in [0.15, 0.2) is 0 Å². The molecule has 1 atom stereocenters. The lowest BCUT2D eigenvalue weighted by molar-refractivity contribution is 0.165. The van der Waals surface area contributed by atoms with Crippen molar-refractivity contribution in [1.29, 1.82) is 0 Å². The lowest BCUT2D eigenvalue weighted by atomic mass is 10.1. The fourth-order valence-corrected chi connectivity index (χ4v) is 2.00. The molecule has 3 heteroatoms. The summed E-state index contributed by atoms with van der Waals surface area (Å²) in [6.07, 6.45) is 3.85. The van der Waals surface area contributed by atoms with E-state index in [9.17, 15) is 0 Å². The molecule has 15 heavy (non-hydrogen) atoms. The first-order valence-electron chi connectivity index (χ1n) is 5.61. The van der Waals surface area contributed by atoms with Crippen LogP contribution in [0, 0.1) is 6.92 Å². The van der Waals surface area contributed by atoms with Crippen LogP contribution in [-0.2, 0) is 6.54 Å². The van der Waals surface area contributed by atoms with Crippen LogP contribution < -0.4 is 5.32 Å². The predicted octanol–water partition coefficient (Wildman–Crippen LogP) is 1.18. The second-order valence-corrected chi connectivity index (χ2v) is 4.33. The molecule has 82 valence electrons. The molecule has 0 unspecified atom stereocenters. The Morgan fingerprint density at radius 2 is 2.47 bits per heavy atom. The van der Waals surface area contributed by atoms with Crippen molar-refractivity contribution in [3.05, 3.63) is 29.6 Å². The van der Waals surface area contributed by atoms with E-state index in [4.69, 9.17) is 0 Å². The third kappa shape index (κ3) is 2.55. The molecule has 1 aromatic heterocycles. The molecular formula is C12H19N3. The molecule has 0 bridgehead atoms. The minimum atomic E-state index is 0.623. The molecule has 3 nitrogen and oxygen atoms in total. The van der Waals surface area contributed by atoms with Gasteiger partial charge in [-0.05, 0) is 31.0 Å². The van der Waals surface area contributed by atoms with Crippen molar-refractivity contribution < 1.29 is 0 Å². The fourth-order valence-electron chi connectivity index (χ4n) is 2.00. The molecule has 1 saturated heterocycles. The highest BCUT2D eigenvalue weighted by Gasteiger charge is 2.18. The maximum absolute atomic E-state index is 4.19. The van der Waals surface area contributed by atoms with Crippen LogP contribution in [0.5, 0.6) is 0 Å². The van der Waals surface area contributed by atoms with E-state index in [1.165, 1.54) is 11.1 Å². The van der Waals surface area contributed by atoms with Gasteiger partial charge >= 0.3 is 0 Å². The molecule has 0 saturated carbocycles. The Bertz CT molecular complexity index is 324. The third-order valence-corrected chi connectivity index (χ3v) is 3.16. The first-order valence-corrected chi connectivity index (χ1v) is 5.61. The molecule has 0 aliphatic carbocycles. The van der Waals surface area contributed by atoms with Gasteiger partial charge in [-0.25, -0.2) is 0 Å². The quantitative estimate of drug-likeness (QED) is 0.786. The maximum atomic E-state index is 4.19. The van der Waals surface area contributed by atoms with Crippen molar-refractivity contribution in [2.45, 2.75) is 26.4 Å². The largest absolute Gasteiger partial charge is 0.314 e. The Hall–Kier alpha value is -0.930. The van der Waals surface area contributed by atoms with Crippen molar-refractivity contribution in [1.82, 2.24) is 15.2 Å². The van der Waals surface area contributed by atoms with Gasteiger partial charge in [0.05, 0.1) is 0 Å². The summed E-state index contributed by atoms with van der Waals surface area (Å²) in [5, 5.41) is 3.41. The third-order valence-electron chi connectivity index (χ3n) is 3.16. The lowest BCUT2D eigenvalue weighted by Gasteiger charge is -2.34. The number of aryl methyl sites for hydroxylation is 1. The highest BCUT2D eigenvalue weighted by molar-refractivity contribution is 5.21. The van der Waals surface area contributed by atoms with Crippen LogP contribution in [0.25, 0.3) is 0 Å². The molecule has 0 spiro atoms. The number of aromatic nitrogens is 1. The van der Waals surface area contributed by atoms with Crippen LogP contribution in [-0.4, -0.2) is 35.6 Å². The van der Waals surface area contributed by atoms with Gasteiger partial charge in [0.1, 0.15) is 0 Å². The molecule has 0 amide bonds. The molecule has 1 fully saturated rings. The number of hydrogen-bond donors (Lipinski definition) is 1. The van der Waals surface area contributed by atoms with Crippen LogP contribution in [0.1, 0.15) is 18.1 Å². The van der Waals surface area contributed by atoms with Crippen molar-refractivity contribution in [2.75, 3.05) is 19.6 Å². The number of piperazine rings is 1. The standard InChI is InChI=1S/C12H19N3/c1-10-3-4-13-8-12(10)9-15-6-5-14-7-11(15)2/h3-4,8,11,14H,5-7,9H2,1-2H3/t11-/m0/s1. The summed E-state index contributed by atoms with van der Waals surface area (Å²) in [6.45, 7) is 8.79. The first-order chi connectivity index (χ1) is 7.27. The van der Waals surface area contributed by atoms with E-state index in [0.717, 1.165) is 26.2 Å². The second kappa shape index (κ2) is 4.73. The summed E-state index contributed by atoms with van der Waals surface area (Å²) in [5.41, 5.74) is 2.70. The monoisotopic (exact) mass is 205 g/mol. The topological polar surface area (TPSA) is 28.2 Å². The molecule has 1 aliphatic rings. The molecule has 1 aliphatic heterocycles. The van der Waals surface area contributed by atoms with E-state index in [2.05, 4.69) is 35.1 Å². The molecule has 2 heterocycles. The summed E-state index contributed by atoms with van der Waals surface area (Å²) in [4.78, 5) is 6.71. The van der Waals surface area contributed by atoms with Crippen molar-refractivity contribution in [3.8, 4) is 0 Å². The van der Waals surface area contributed by atoms with Crippen molar-refractivity contribution in [3.63, 3.8) is 0 Å². The van der Waals surface area contributed by atoms with E-state index < -0.39 is 0 Å². The van der Waals surface area contributed by atoms with E-state index in [1.807, 2.05) is 12.4 Å². The Morgan fingerprint density at radius 3 is 3.20 bits per heavy atom. The van der Waals surface area contributed by atoms with Gasteiger partial charge in [0.25, 0.3) is 0 Å². The van der Waals surface area contributed by atoms with Crippen LogP contribution in [0.4, 0.5) is 0 Å². The number of pyridine rings is 1. The van der Waals surface area contributed by atoms with Crippen LogP contribution in [0.15, 0.2) is 18.5 Å². The number of nitrogens with zero attached hydrogens (tertiary/aromatic N) is 2. The second-order valence-electron chi connectivity index (χ2n) is 4.33. The summed E-state index contributed by atoms with van der Waals surface area (Å²) < 4.78 is 0. The summed E-state index contributed by atoms with van der Waals surface area (Å²) in [6, 6.07) is 2.71. The predicted molar refractivity (Wildman–Crippen MR) is 61.7 cm³/mol. The van der Waals surface area contributed by atoms with Gasteiger partial charge in [-0.3, -0.25) is 9.88 Å². The van der Waals surface area contributed by atoms with Crippen LogP contribution in [0.3, 0.4) is 0 Å². The summed E-state index contributed by atoms with van der Waals surface area (Å²) in [7, 11) is 0. The van der Waals surface area contributed by atoms with Crippen molar-refractivity contribution >= 4 is 0 Å². The van der Waals surface area contributed by atoms with Gasteiger partial charge in [-0.1, -0.05) is 0 Å². The number of hydrogen-bond acceptors (Lipinski definition) is 3. The van der Waals surface area contributed by atoms with Gasteiger partial charge < -0.3 is 5.32 Å². The zero-order valence-electron chi connectivity index (χ0n) is 9.53. The molecule has 0 aromatic carbocycles. The van der Waals surface area contributed by atoms with Crippen LogP contribution in [0.2, 0.25) is 0 Å². The van der Waals surface area contributed by atoms with E-state index in [0.29, 0.717) is 6.04 Å². The molecule has 1 aromatic rings. The normalized spacial score (nSPS) is 22.9. The smallest absolute Gasteiger partial charge is 0.0315 e. The highest BCUT2D eigenvalue weighted by atomic mass is 15.2. The minimum absolute atomic E-state index is 0.623. The Balaban J connectivity index is 2.04. The van der Waals surface area contributed by atoms with Crippen LogP contribution >= 0.6 is 0 Å². The SMILES string of the molecule is Cc1ccncc1CN1CCNC[C@@H]1C. The molecule has 0 radical (unpaired) electrons. The Labute approximate surface area is 91.5 Å². The Kier molecular flexibility index (Phi) is 3.34. The molecular weight excluding hydrogens is 186 g/mol. The fraction of sp³-hybridized carbons (Fsp3) is 0.583. The average molecular weight is 205 g/mol.